The molecule has 0 saturated carbocycles. The molecular weight excluding hydrogens is 1300 g/mol. The number of aliphatic carboxylic acids is 9. The lowest BCUT2D eigenvalue weighted by atomic mass is 10.0. The molecule has 38 heteroatoms. The summed E-state index contributed by atoms with van der Waals surface area (Å²) in [5.74, 6) is -15.7. The first-order chi connectivity index (χ1) is 44.5. The van der Waals surface area contributed by atoms with Crippen molar-refractivity contribution >= 4 is 110 Å². The summed E-state index contributed by atoms with van der Waals surface area (Å²) in [6.07, 6.45) is 2.62. The second-order valence-electron chi connectivity index (χ2n) is 21.9. The van der Waals surface area contributed by atoms with Crippen LogP contribution in [-0.2, 0) is 90.7 Å². The van der Waals surface area contributed by atoms with E-state index < -0.39 is 184 Å². The second kappa shape index (κ2) is 48.4. The molecule has 0 bridgehead atoms. The van der Waals surface area contributed by atoms with Gasteiger partial charge >= 0.3 is 53.7 Å². The highest BCUT2D eigenvalue weighted by molar-refractivity contribution is 8.00. The molecule has 0 spiro atoms. The van der Waals surface area contributed by atoms with Gasteiger partial charge < -0.3 is 86.0 Å². The van der Waals surface area contributed by atoms with Gasteiger partial charge in [-0.1, -0.05) is 12.8 Å². The lowest BCUT2D eigenvalue weighted by Crippen LogP contribution is -2.59. The lowest BCUT2D eigenvalue weighted by molar-refractivity contribution is -0.152. The van der Waals surface area contributed by atoms with E-state index in [0.717, 1.165) is 45.3 Å². The van der Waals surface area contributed by atoms with Gasteiger partial charge in [-0.2, -0.15) is 0 Å². The second-order valence-corrected chi connectivity index (χ2v) is 23.5. The Morgan fingerprint density at radius 1 is 0.468 bits per heavy atom. The van der Waals surface area contributed by atoms with Gasteiger partial charge in [0.2, 0.25) is 35.4 Å². The molecule has 1 aliphatic rings. The van der Waals surface area contributed by atoms with Gasteiger partial charge in [-0.05, 0) is 76.4 Å². The van der Waals surface area contributed by atoms with Crippen LogP contribution in [-0.4, -0.2) is 301 Å². The van der Waals surface area contributed by atoms with E-state index in [1.807, 2.05) is 0 Å². The number of ether oxygens (including phenoxy) is 3. The molecule has 36 nitrogen and oxygen atoms in total. The molecule has 13 N–H and O–H groups in total. The molecule has 5 unspecified atom stereocenters. The highest BCUT2D eigenvalue weighted by Gasteiger charge is 2.40. The van der Waals surface area contributed by atoms with Gasteiger partial charge in [-0.25, -0.2) is 0 Å². The van der Waals surface area contributed by atoms with Gasteiger partial charge in [-0.15, -0.1) is 11.8 Å². The molecule has 1 rings (SSSR count). The van der Waals surface area contributed by atoms with Crippen molar-refractivity contribution in [2.75, 3.05) is 117 Å². The van der Waals surface area contributed by atoms with Crippen LogP contribution < -0.4 is 21.3 Å². The Bertz CT molecular complexity index is 2250. The third-order valence-corrected chi connectivity index (χ3v) is 15.6. The van der Waals surface area contributed by atoms with Crippen molar-refractivity contribution < 1.29 is 137 Å². The molecule has 1 saturated heterocycles. The van der Waals surface area contributed by atoms with Gasteiger partial charge in [0.05, 0.1) is 90.8 Å². The van der Waals surface area contributed by atoms with Gasteiger partial charge in [0.1, 0.15) is 23.7 Å². The number of imide groups is 1. The number of nitrogens with one attached hydrogen (secondary N) is 4. The van der Waals surface area contributed by atoms with Crippen molar-refractivity contribution in [3.05, 3.63) is 0 Å². The molecule has 534 valence electrons. The molecule has 0 aliphatic carbocycles. The Hall–Kier alpha value is -7.25. The van der Waals surface area contributed by atoms with E-state index >= 15 is 0 Å². The summed E-state index contributed by atoms with van der Waals surface area (Å²) in [6.45, 7) is -7.14. The van der Waals surface area contributed by atoms with E-state index in [0.29, 0.717) is 12.4 Å². The predicted octanol–water partition coefficient (Wildman–Crippen LogP) is -1.69. The van der Waals surface area contributed by atoms with Crippen molar-refractivity contribution in [3.8, 4) is 0 Å². The number of hydrogen-bond acceptors (Lipinski definition) is 23. The van der Waals surface area contributed by atoms with E-state index in [9.17, 15) is 118 Å². The fraction of sp³-hybridized carbons (Fsp3) is 0.732. The van der Waals surface area contributed by atoms with Crippen LogP contribution >= 0.6 is 21.2 Å². The van der Waals surface area contributed by atoms with Crippen LogP contribution in [0.25, 0.3) is 0 Å². The normalized spacial score (nSPS) is 14.6. The third kappa shape index (κ3) is 38.8. The molecular formula is C56H91N8O28PS. The monoisotopic (exact) mass is 1390 g/mol. The maximum atomic E-state index is 14.0. The SMILES string of the molecule is O=C(O)CN(CC(=O)O)C(CCCCNC(=O)CCOCC(COCCC(=O)NCCCCC(C(=O)O)N(CC(=O)O)CC(=O)O)(COCCC(=O)NCCCCC(C(=O)O)N(CC(=O)O)CC(=O)O)NC(=O)CCN1C(=O)CC(SCCCCCCOP)C1=O)C(=O)O. The Morgan fingerprint density at radius 2 is 0.809 bits per heavy atom. The molecule has 6 amide bonds. The van der Waals surface area contributed by atoms with Crippen LogP contribution in [0.1, 0.15) is 116 Å². The highest BCUT2D eigenvalue weighted by atomic mass is 32.2. The largest absolute Gasteiger partial charge is 0.480 e. The Balaban J connectivity index is 3.32. The molecule has 0 aromatic rings. The van der Waals surface area contributed by atoms with Crippen molar-refractivity contribution in [2.45, 2.75) is 144 Å². The quantitative estimate of drug-likeness (QED) is 0.0184. The number of thioether (sulfide) groups is 1. The topological polar surface area (TPSA) is 536 Å². The van der Waals surface area contributed by atoms with E-state index in [-0.39, 0.29) is 129 Å². The summed E-state index contributed by atoms with van der Waals surface area (Å²) in [5, 5.41) is 94.3. The van der Waals surface area contributed by atoms with Gasteiger partial charge in [0, 0.05) is 67.7 Å². The molecule has 1 heterocycles. The molecule has 0 aromatic heterocycles. The number of unbranched alkanes of at least 4 members (excludes halogenated alkanes) is 6. The van der Waals surface area contributed by atoms with Crippen LogP contribution in [0.3, 0.4) is 0 Å². The first kappa shape index (κ1) is 84.8. The Labute approximate surface area is 548 Å². The van der Waals surface area contributed by atoms with Crippen molar-refractivity contribution in [2.24, 2.45) is 0 Å². The van der Waals surface area contributed by atoms with Gasteiger partial charge in [0.15, 0.2) is 0 Å². The predicted molar refractivity (Wildman–Crippen MR) is 329 cm³/mol. The average Bonchev–Trinajstić information content (AvgIpc) is 1.64. The first-order valence-electron chi connectivity index (χ1n) is 30.3. The number of rotatable bonds is 60. The fourth-order valence-corrected chi connectivity index (χ4v) is 10.9. The summed E-state index contributed by atoms with van der Waals surface area (Å²) in [7, 11) is 2.19. The van der Waals surface area contributed by atoms with E-state index in [1.54, 1.807) is 0 Å². The molecule has 0 aromatic carbocycles. The third-order valence-electron chi connectivity index (χ3n) is 14.1. The average molecular weight is 1390 g/mol. The number of carboxylic acid groups (broad SMARTS) is 9. The van der Waals surface area contributed by atoms with Gasteiger partial charge in [0.25, 0.3) is 0 Å². The standard InChI is InChI=1S/C56H91N8O28PS/c65-41(57-18-6-3-11-37(53(83)84)61(28-46(70)71)29-47(72)73)15-23-89-34-56(60-44(68)14-21-64-45(69)27-40(52(64)82)94-26-10-2-1-9-22-92-93,35-90-24-16-42(66)58-19-7-4-12-38(54(85)86)62(30-48(74)75)31-49(76)77)36-91-25-17-43(67)59-20-8-5-13-39(55(87)88)63(32-50(78)79)33-51(80)81/h37-40H,1-36,93H2,(H,57,65)(H,58,66)(H,59,67)(H,60,68)(H,70,71)(H,72,73)(H,74,75)(H,76,77)(H,78,79)(H,80,81)(H,83,84)(H,85,86)(H,87,88). The first-order valence-corrected chi connectivity index (χ1v) is 31.9. The van der Waals surface area contributed by atoms with Crippen LogP contribution in [0.5, 0.6) is 0 Å². The maximum absolute atomic E-state index is 14.0. The number of carbonyl (C=O) groups is 15. The van der Waals surface area contributed by atoms with Gasteiger partial charge in [-0.3, -0.25) is 91.5 Å². The summed E-state index contributed by atoms with van der Waals surface area (Å²) >= 11 is 1.34. The molecule has 1 aliphatic heterocycles. The van der Waals surface area contributed by atoms with Crippen molar-refractivity contribution in [1.82, 2.24) is 40.9 Å². The number of carbonyl (C=O) groups excluding carboxylic acids is 6. The number of likely N-dealkylation sites (tertiary alicyclic amines) is 1. The van der Waals surface area contributed by atoms with Crippen LogP contribution in [0.15, 0.2) is 0 Å². The highest BCUT2D eigenvalue weighted by Crippen LogP contribution is 2.27. The Kier molecular flexibility index (Phi) is 43.7. The van der Waals surface area contributed by atoms with E-state index in [4.69, 9.17) is 18.7 Å². The smallest absolute Gasteiger partial charge is 0.320 e. The minimum Gasteiger partial charge on any atom is -0.480 e. The maximum Gasteiger partial charge on any atom is 0.320 e. The molecule has 0 radical (unpaired) electrons. The van der Waals surface area contributed by atoms with Crippen LogP contribution in [0.4, 0.5) is 0 Å². The molecule has 5 atom stereocenters. The Morgan fingerprint density at radius 3 is 1.13 bits per heavy atom. The van der Waals surface area contributed by atoms with Crippen molar-refractivity contribution in [3.63, 3.8) is 0 Å². The number of hydrogen-bond donors (Lipinski definition) is 13. The minimum atomic E-state index is -1.71. The summed E-state index contributed by atoms with van der Waals surface area (Å²) in [6, 6.07) is -4.36. The zero-order chi connectivity index (χ0) is 70.6. The summed E-state index contributed by atoms with van der Waals surface area (Å²) in [5.41, 5.74) is -1.71. The number of carboxylic acids is 9. The molecule has 1 fully saturated rings. The number of amides is 6. The van der Waals surface area contributed by atoms with E-state index in [1.165, 1.54) is 11.8 Å². The van der Waals surface area contributed by atoms with E-state index in [2.05, 4.69) is 30.7 Å². The fourth-order valence-electron chi connectivity index (χ4n) is 9.58. The lowest BCUT2D eigenvalue weighted by Gasteiger charge is -2.34. The zero-order valence-corrected chi connectivity index (χ0v) is 54.3. The zero-order valence-electron chi connectivity index (χ0n) is 52.3. The number of nitrogens with zero attached hydrogens (tertiary/aromatic N) is 4. The minimum absolute atomic E-state index is 0.0162. The molecule has 94 heavy (non-hydrogen) atoms. The summed E-state index contributed by atoms with van der Waals surface area (Å²) < 4.78 is 22.8. The summed E-state index contributed by atoms with van der Waals surface area (Å²) in [4.78, 5) is 186. The van der Waals surface area contributed by atoms with Crippen LogP contribution in [0, 0.1) is 0 Å². The van der Waals surface area contributed by atoms with Crippen molar-refractivity contribution in [1.29, 1.82) is 0 Å². The van der Waals surface area contributed by atoms with Crippen LogP contribution in [0.2, 0.25) is 0 Å².